The van der Waals surface area contributed by atoms with Crippen LogP contribution < -0.4 is 0 Å². The van der Waals surface area contributed by atoms with Crippen LogP contribution in [0.4, 0.5) is 0 Å². The van der Waals surface area contributed by atoms with E-state index in [1.165, 1.54) is 5.56 Å². The Morgan fingerprint density at radius 2 is 1.60 bits per heavy atom. The molecule has 1 aromatic rings. The average molecular weight is 341 g/mol. The van der Waals surface area contributed by atoms with Gasteiger partial charge >= 0.3 is 5.97 Å². The number of hydrogen-bond donors (Lipinski definition) is 1. The lowest BCUT2D eigenvalue weighted by Crippen LogP contribution is -2.52. The van der Waals surface area contributed by atoms with Gasteiger partial charge in [-0.3, -0.25) is 14.6 Å². The molecule has 1 heterocycles. The first-order chi connectivity index (χ1) is 9.49. The molecule has 1 fully saturated rings. The molecule has 0 aliphatic carbocycles. The minimum atomic E-state index is -0.737. The van der Waals surface area contributed by atoms with Gasteiger partial charge in [-0.2, -0.15) is 0 Å². The van der Waals surface area contributed by atoms with Crippen molar-refractivity contribution in [3.05, 3.63) is 34.3 Å². The first-order valence-corrected chi connectivity index (χ1v) is 7.74. The molecular weight excluding hydrogens is 320 g/mol. The van der Waals surface area contributed by atoms with Crippen LogP contribution in [0.2, 0.25) is 0 Å². The maximum absolute atomic E-state index is 11.0. The van der Waals surface area contributed by atoms with Crippen LogP contribution in [-0.4, -0.2) is 53.1 Å². The third-order valence-corrected chi connectivity index (χ3v) is 4.68. The van der Waals surface area contributed by atoms with Crippen LogP contribution in [0.25, 0.3) is 0 Å². The van der Waals surface area contributed by atoms with E-state index in [2.05, 4.69) is 52.0 Å². The Labute approximate surface area is 128 Å². The maximum atomic E-state index is 11.0. The largest absolute Gasteiger partial charge is 0.480 e. The molecule has 0 unspecified atom stereocenters. The van der Waals surface area contributed by atoms with E-state index in [9.17, 15) is 4.79 Å². The highest BCUT2D eigenvalue weighted by atomic mass is 79.9. The summed E-state index contributed by atoms with van der Waals surface area (Å²) < 4.78 is 1.09. The number of carboxylic acid groups (broad SMARTS) is 1. The van der Waals surface area contributed by atoms with E-state index in [0.717, 1.165) is 30.7 Å². The van der Waals surface area contributed by atoms with Crippen molar-refractivity contribution in [2.45, 2.75) is 25.9 Å². The number of halogens is 1. The zero-order chi connectivity index (χ0) is 14.7. The number of carboxylic acids is 1. The average Bonchev–Trinajstić information content (AvgIpc) is 2.46. The van der Waals surface area contributed by atoms with Crippen molar-refractivity contribution in [2.24, 2.45) is 0 Å². The van der Waals surface area contributed by atoms with Gasteiger partial charge in [-0.25, -0.2) is 0 Å². The number of nitrogens with zero attached hydrogens (tertiary/aromatic N) is 2. The number of aliphatic carboxylic acids is 1. The molecule has 1 saturated heterocycles. The molecule has 2 rings (SSSR count). The Morgan fingerprint density at radius 3 is 2.10 bits per heavy atom. The van der Waals surface area contributed by atoms with Crippen LogP contribution >= 0.6 is 15.9 Å². The van der Waals surface area contributed by atoms with E-state index in [4.69, 9.17) is 5.11 Å². The van der Waals surface area contributed by atoms with Crippen molar-refractivity contribution in [1.29, 1.82) is 0 Å². The number of benzene rings is 1. The lowest BCUT2D eigenvalue weighted by Gasteiger charge is -2.39. The van der Waals surface area contributed by atoms with Crippen LogP contribution in [0.15, 0.2) is 28.7 Å². The van der Waals surface area contributed by atoms with E-state index in [-0.39, 0.29) is 6.04 Å². The standard InChI is InChI=1S/C15H21BrN2O2/c1-11(13-3-5-14(16)6-4-13)17-7-9-18(10-8-17)12(2)15(19)20/h3-6,11-12H,7-10H2,1-2H3,(H,19,20)/t11-,12+/m0/s1. The Balaban J connectivity index is 1.93. The molecule has 0 aromatic heterocycles. The SMILES string of the molecule is C[C@H](C(=O)O)N1CCN([C@@H](C)c2ccc(Br)cc2)CC1. The predicted molar refractivity (Wildman–Crippen MR) is 82.8 cm³/mol. The second-order valence-electron chi connectivity index (χ2n) is 5.31. The molecule has 1 N–H and O–H groups in total. The van der Waals surface area contributed by atoms with Gasteiger partial charge in [-0.1, -0.05) is 28.1 Å². The molecule has 20 heavy (non-hydrogen) atoms. The molecule has 1 aromatic carbocycles. The monoisotopic (exact) mass is 340 g/mol. The van der Waals surface area contributed by atoms with E-state index in [0.29, 0.717) is 6.04 Å². The Morgan fingerprint density at radius 1 is 1.10 bits per heavy atom. The lowest BCUT2D eigenvalue weighted by molar-refractivity contribution is -0.143. The van der Waals surface area contributed by atoms with Crippen molar-refractivity contribution in [3.8, 4) is 0 Å². The molecule has 2 atom stereocenters. The van der Waals surface area contributed by atoms with Gasteiger partial charge in [-0.05, 0) is 31.5 Å². The number of rotatable bonds is 4. The van der Waals surface area contributed by atoms with Gasteiger partial charge in [0.1, 0.15) is 6.04 Å². The summed E-state index contributed by atoms with van der Waals surface area (Å²) >= 11 is 3.45. The lowest BCUT2D eigenvalue weighted by atomic mass is 10.1. The second-order valence-corrected chi connectivity index (χ2v) is 6.23. The number of hydrogen-bond acceptors (Lipinski definition) is 3. The van der Waals surface area contributed by atoms with Gasteiger partial charge in [0.2, 0.25) is 0 Å². The number of carbonyl (C=O) groups is 1. The third kappa shape index (κ3) is 3.59. The fourth-order valence-corrected chi connectivity index (χ4v) is 2.88. The van der Waals surface area contributed by atoms with Crippen molar-refractivity contribution >= 4 is 21.9 Å². The molecule has 0 bridgehead atoms. The summed E-state index contributed by atoms with van der Waals surface area (Å²) in [6.07, 6.45) is 0. The molecule has 1 aliphatic rings. The smallest absolute Gasteiger partial charge is 0.320 e. The van der Waals surface area contributed by atoms with Gasteiger partial charge < -0.3 is 5.11 Å². The fraction of sp³-hybridized carbons (Fsp3) is 0.533. The first-order valence-electron chi connectivity index (χ1n) is 6.95. The van der Waals surface area contributed by atoms with Crippen molar-refractivity contribution in [1.82, 2.24) is 9.80 Å². The molecule has 0 spiro atoms. The highest BCUT2D eigenvalue weighted by Crippen LogP contribution is 2.23. The second kappa shape index (κ2) is 6.70. The number of piperazine rings is 1. The van der Waals surface area contributed by atoms with E-state index < -0.39 is 5.97 Å². The van der Waals surface area contributed by atoms with Crippen LogP contribution in [0.5, 0.6) is 0 Å². The van der Waals surface area contributed by atoms with Crippen LogP contribution in [-0.2, 0) is 4.79 Å². The third-order valence-electron chi connectivity index (χ3n) is 4.15. The van der Waals surface area contributed by atoms with Crippen molar-refractivity contribution in [2.75, 3.05) is 26.2 Å². The van der Waals surface area contributed by atoms with E-state index >= 15 is 0 Å². The molecule has 110 valence electrons. The topological polar surface area (TPSA) is 43.8 Å². The van der Waals surface area contributed by atoms with E-state index in [1.807, 2.05) is 4.90 Å². The fourth-order valence-electron chi connectivity index (χ4n) is 2.62. The zero-order valence-corrected chi connectivity index (χ0v) is 13.5. The summed E-state index contributed by atoms with van der Waals surface area (Å²) in [7, 11) is 0. The van der Waals surface area contributed by atoms with Gasteiger partial charge in [0.15, 0.2) is 0 Å². The minimum Gasteiger partial charge on any atom is -0.480 e. The summed E-state index contributed by atoms with van der Waals surface area (Å²) in [6, 6.07) is 8.39. The minimum absolute atomic E-state index is 0.366. The Hall–Kier alpha value is -0.910. The maximum Gasteiger partial charge on any atom is 0.320 e. The summed E-state index contributed by atoms with van der Waals surface area (Å²) in [6.45, 7) is 7.42. The van der Waals surface area contributed by atoms with Crippen molar-refractivity contribution < 1.29 is 9.90 Å². The highest BCUT2D eigenvalue weighted by molar-refractivity contribution is 9.10. The molecule has 0 saturated carbocycles. The summed E-state index contributed by atoms with van der Waals surface area (Å²) in [4.78, 5) is 15.5. The summed E-state index contributed by atoms with van der Waals surface area (Å²) in [5.41, 5.74) is 1.30. The quantitative estimate of drug-likeness (QED) is 0.914. The Bertz CT molecular complexity index is 455. The normalized spacial score (nSPS) is 20.6. The Kier molecular flexibility index (Phi) is 5.18. The predicted octanol–water partition coefficient (Wildman–Crippen LogP) is 2.60. The first kappa shape index (κ1) is 15.5. The molecule has 1 aliphatic heterocycles. The summed E-state index contributed by atoms with van der Waals surface area (Å²) in [5.74, 6) is -0.737. The van der Waals surface area contributed by atoms with Gasteiger partial charge in [0, 0.05) is 36.7 Å². The van der Waals surface area contributed by atoms with Gasteiger partial charge in [0.25, 0.3) is 0 Å². The highest BCUT2D eigenvalue weighted by Gasteiger charge is 2.27. The van der Waals surface area contributed by atoms with Gasteiger partial charge in [-0.15, -0.1) is 0 Å². The summed E-state index contributed by atoms with van der Waals surface area (Å²) in [5, 5.41) is 9.05. The van der Waals surface area contributed by atoms with Crippen LogP contribution in [0.1, 0.15) is 25.5 Å². The van der Waals surface area contributed by atoms with Gasteiger partial charge in [0.05, 0.1) is 0 Å². The zero-order valence-electron chi connectivity index (χ0n) is 11.9. The van der Waals surface area contributed by atoms with Crippen molar-refractivity contribution in [3.63, 3.8) is 0 Å². The van der Waals surface area contributed by atoms with Crippen LogP contribution in [0.3, 0.4) is 0 Å². The van der Waals surface area contributed by atoms with Crippen LogP contribution in [0, 0.1) is 0 Å². The molecule has 0 amide bonds. The molecule has 0 radical (unpaired) electrons. The molecule has 4 nitrogen and oxygen atoms in total. The molecule has 5 heteroatoms. The molecular formula is C15H21BrN2O2. The van der Waals surface area contributed by atoms with E-state index in [1.54, 1.807) is 6.92 Å².